The first-order chi connectivity index (χ1) is 8.22. The van der Waals surface area contributed by atoms with Gasteiger partial charge in [0.25, 0.3) is 0 Å². The lowest BCUT2D eigenvalue weighted by Crippen LogP contribution is -2.17. The fraction of sp³-hybridized carbons (Fsp3) is 0.538. The van der Waals surface area contributed by atoms with Crippen molar-refractivity contribution < 1.29 is 14.6 Å². The van der Waals surface area contributed by atoms with Crippen molar-refractivity contribution in [1.29, 1.82) is 0 Å². The Hall–Kier alpha value is -1.26. The first-order valence-corrected chi connectivity index (χ1v) is 5.87. The van der Waals surface area contributed by atoms with Gasteiger partial charge in [-0.2, -0.15) is 0 Å². The van der Waals surface area contributed by atoms with Crippen molar-refractivity contribution >= 4 is 0 Å². The largest absolute Gasteiger partial charge is 0.493 e. The van der Waals surface area contributed by atoms with E-state index in [0.29, 0.717) is 11.5 Å². The van der Waals surface area contributed by atoms with Crippen LogP contribution >= 0.6 is 0 Å². The third kappa shape index (κ3) is 3.91. The van der Waals surface area contributed by atoms with E-state index in [-0.39, 0.29) is 19.3 Å². The van der Waals surface area contributed by atoms with Crippen LogP contribution in [0.3, 0.4) is 0 Å². The number of rotatable bonds is 7. The highest BCUT2D eigenvalue weighted by atomic mass is 16.5. The SMILES string of the molecule is CCNC(C)c1ccc(OCCO)c(OC)c1. The lowest BCUT2D eigenvalue weighted by Gasteiger charge is -2.16. The Morgan fingerprint density at radius 1 is 1.35 bits per heavy atom. The molecule has 0 heterocycles. The van der Waals surface area contributed by atoms with Gasteiger partial charge in [0.15, 0.2) is 11.5 Å². The minimum atomic E-state index is -0.00129. The normalized spacial score (nSPS) is 12.2. The van der Waals surface area contributed by atoms with Crippen LogP contribution in [0.15, 0.2) is 18.2 Å². The van der Waals surface area contributed by atoms with Gasteiger partial charge in [-0.15, -0.1) is 0 Å². The van der Waals surface area contributed by atoms with Crippen molar-refractivity contribution in [3.05, 3.63) is 23.8 Å². The van der Waals surface area contributed by atoms with E-state index >= 15 is 0 Å². The maximum absolute atomic E-state index is 8.73. The van der Waals surface area contributed by atoms with Crippen LogP contribution in [0.5, 0.6) is 11.5 Å². The predicted molar refractivity (Wildman–Crippen MR) is 67.7 cm³/mol. The molecule has 4 nitrogen and oxygen atoms in total. The Bertz CT molecular complexity index is 341. The van der Waals surface area contributed by atoms with Crippen molar-refractivity contribution in [1.82, 2.24) is 5.32 Å². The second-order valence-corrected chi connectivity index (χ2v) is 3.76. The van der Waals surface area contributed by atoms with Crippen LogP contribution in [-0.2, 0) is 0 Å². The molecule has 0 bridgehead atoms. The molecule has 96 valence electrons. The van der Waals surface area contributed by atoms with Gasteiger partial charge in [-0.05, 0) is 31.2 Å². The van der Waals surface area contributed by atoms with Crippen molar-refractivity contribution in [2.75, 3.05) is 26.9 Å². The van der Waals surface area contributed by atoms with Crippen LogP contribution in [0.25, 0.3) is 0 Å². The maximum Gasteiger partial charge on any atom is 0.161 e. The Labute approximate surface area is 103 Å². The van der Waals surface area contributed by atoms with E-state index in [0.717, 1.165) is 12.1 Å². The average molecular weight is 239 g/mol. The minimum absolute atomic E-state index is 0.00129. The lowest BCUT2D eigenvalue weighted by atomic mass is 10.1. The van der Waals surface area contributed by atoms with Crippen LogP contribution in [0.2, 0.25) is 0 Å². The van der Waals surface area contributed by atoms with Gasteiger partial charge in [0.05, 0.1) is 13.7 Å². The second-order valence-electron chi connectivity index (χ2n) is 3.76. The number of hydrogen-bond acceptors (Lipinski definition) is 4. The predicted octanol–water partition coefficient (Wildman–Crippen LogP) is 1.74. The molecule has 0 aromatic heterocycles. The summed E-state index contributed by atoms with van der Waals surface area (Å²) in [6.07, 6.45) is 0. The Morgan fingerprint density at radius 3 is 2.71 bits per heavy atom. The molecular formula is C13H21NO3. The third-order valence-electron chi connectivity index (χ3n) is 2.55. The summed E-state index contributed by atoms with van der Waals surface area (Å²) >= 11 is 0. The van der Waals surface area contributed by atoms with Crippen LogP contribution < -0.4 is 14.8 Å². The molecule has 0 aliphatic carbocycles. The third-order valence-corrected chi connectivity index (χ3v) is 2.55. The maximum atomic E-state index is 8.73. The zero-order valence-corrected chi connectivity index (χ0v) is 10.7. The van der Waals surface area contributed by atoms with E-state index in [4.69, 9.17) is 14.6 Å². The molecule has 0 saturated carbocycles. The molecule has 1 atom stereocenters. The number of aliphatic hydroxyl groups is 1. The topological polar surface area (TPSA) is 50.7 Å². The standard InChI is InChI=1S/C13H21NO3/c1-4-14-10(2)11-5-6-12(17-8-7-15)13(9-11)16-3/h5-6,9-10,14-15H,4,7-8H2,1-3H3. The number of hydrogen-bond donors (Lipinski definition) is 2. The smallest absolute Gasteiger partial charge is 0.161 e. The van der Waals surface area contributed by atoms with Crippen molar-refractivity contribution in [2.45, 2.75) is 19.9 Å². The summed E-state index contributed by atoms with van der Waals surface area (Å²) in [4.78, 5) is 0. The fourth-order valence-corrected chi connectivity index (χ4v) is 1.65. The molecule has 0 aliphatic heterocycles. The van der Waals surface area contributed by atoms with Crippen molar-refractivity contribution in [3.63, 3.8) is 0 Å². The molecule has 0 amide bonds. The first kappa shape index (κ1) is 13.8. The highest BCUT2D eigenvalue weighted by Gasteiger charge is 2.09. The number of ether oxygens (including phenoxy) is 2. The number of benzene rings is 1. The molecule has 0 aliphatic rings. The quantitative estimate of drug-likeness (QED) is 0.761. The van der Waals surface area contributed by atoms with Crippen molar-refractivity contribution in [2.24, 2.45) is 0 Å². The molecule has 17 heavy (non-hydrogen) atoms. The molecule has 4 heteroatoms. The van der Waals surface area contributed by atoms with Gasteiger partial charge in [-0.1, -0.05) is 13.0 Å². The van der Waals surface area contributed by atoms with E-state index in [1.807, 2.05) is 18.2 Å². The fourth-order valence-electron chi connectivity index (χ4n) is 1.65. The molecule has 1 aromatic carbocycles. The average Bonchev–Trinajstić information content (AvgIpc) is 2.36. The minimum Gasteiger partial charge on any atom is -0.493 e. The van der Waals surface area contributed by atoms with Gasteiger partial charge in [-0.25, -0.2) is 0 Å². The van der Waals surface area contributed by atoms with Gasteiger partial charge < -0.3 is 19.9 Å². The summed E-state index contributed by atoms with van der Waals surface area (Å²) < 4.78 is 10.7. The highest BCUT2D eigenvalue weighted by molar-refractivity contribution is 5.43. The second kappa shape index (κ2) is 7.14. The highest BCUT2D eigenvalue weighted by Crippen LogP contribution is 2.30. The molecule has 0 spiro atoms. The van der Waals surface area contributed by atoms with Crippen LogP contribution in [-0.4, -0.2) is 32.0 Å². The summed E-state index contributed by atoms with van der Waals surface area (Å²) in [5.74, 6) is 1.36. The molecule has 1 rings (SSSR count). The van der Waals surface area contributed by atoms with E-state index in [2.05, 4.69) is 19.2 Å². The molecule has 1 aromatic rings. The lowest BCUT2D eigenvalue weighted by molar-refractivity contribution is 0.196. The monoisotopic (exact) mass is 239 g/mol. The first-order valence-electron chi connectivity index (χ1n) is 5.87. The summed E-state index contributed by atoms with van der Waals surface area (Å²) in [6.45, 7) is 5.38. The van der Waals surface area contributed by atoms with Gasteiger partial charge >= 0.3 is 0 Å². The van der Waals surface area contributed by atoms with Crippen LogP contribution in [0, 0.1) is 0 Å². The number of aliphatic hydroxyl groups excluding tert-OH is 1. The number of nitrogens with one attached hydrogen (secondary N) is 1. The van der Waals surface area contributed by atoms with Crippen LogP contribution in [0.1, 0.15) is 25.5 Å². The molecule has 1 unspecified atom stereocenters. The molecule has 0 saturated heterocycles. The molecule has 0 fully saturated rings. The Morgan fingerprint density at radius 2 is 2.12 bits per heavy atom. The van der Waals surface area contributed by atoms with Gasteiger partial charge in [0.1, 0.15) is 6.61 Å². The molecule has 2 N–H and O–H groups in total. The van der Waals surface area contributed by atoms with Gasteiger partial charge in [0.2, 0.25) is 0 Å². The van der Waals surface area contributed by atoms with E-state index in [1.54, 1.807) is 7.11 Å². The van der Waals surface area contributed by atoms with Gasteiger partial charge in [-0.3, -0.25) is 0 Å². The van der Waals surface area contributed by atoms with Gasteiger partial charge in [0, 0.05) is 6.04 Å². The van der Waals surface area contributed by atoms with Crippen LogP contribution in [0.4, 0.5) is 0 Å². The Balaban J connectivity index is 2.83. The summed E-state index contributed by atoms with van der Waals surface area (Å²) in [7, 11) is 1.61. The summed E-state index contributed by atoms with van der Waals surface area (Å²) in [5.41, 5.74) is 1.15. The summed E-state index contributed by atoms with van der Waals surface area (Å²) in [6, 6.07) is 6.11. The number of methoxy groups -OCH3 is 1. The van der Waals surface area contributed by atoms with E-state index in [1.165, 1.54) is 0 Å². The Kier molecular flexibility index (Phi) is 5.80. The summed E-state index contributed by atoms with van der Waals surface area (Å²) in [5, 5.41) is 12.1. The zero-order valence-electron chi connectivity index (χ0n) is 10.7. The van der Waals surface area contributed by atoms with Crippen molar-refractivity contribution in [3.8, 4) is 11.5 Å². The molecular weight excluding hydrogens is 218 g/mol. The molecule has 0 radical (unpaired) electrons. The zero-order chi connectivity index (χ0) is 12.7. The van der Waals surface area contributed by atoms with E-state index < -0.39 is 0 Å². The van der Waals surface area contributed by atoms with E-state index in [9.17, 15) is 0 Å².